The van der Waals surface area contributed by atoms with Crippen molar-refractivity contribution in [3.8, 4) is 0 Å². The Morgan fingerprint density at radius 3 is 2.69 bits per heavy atom. The van der Waals surface area contributed by atoms with Crippen LogP contribution in [0.15, 0.2) is 47.1 Å². The Hall–Kier alpha value is -1.29. The van der Waals surface area contributed by atoms with Gasteiger partial charge in [-0.3, -0.25) is 11.3 Å². The standard InChI is InChI=1S/C12H13ClN2O/c13-11-6-2-1-5-10(11)12(15-14)8-9-4-3-7-16-9/h1-7,12,15H,8,14H2. The van der Waals surface area contributed by atoms with Crippen LogP contribution in [0.5, 0.6) is 0 Å². The summed E-state index contributed by atoms with van der Waals surface area (Å²) in [6.07, 6.45) is 2.32. The van der Waals surface area contributed by atoms with Crippen molar-refractivity contribution in [3.05, 3.63) is 59.0 Å². The van der Waals surface area contributed by atoms with E-state index in [1.165, 1.54) is 0 Å². The van der Waals surface area contributed by atoms with E-state index in [2.05, 4.69) is 5.43 Å². The number of nitrogens with one attached hydrogen (secondary N) is 1. The zero-order valence-corrected chi connectivity index (χ0v) is 9.45. The molecule has 0 saturated carbocycles. The van der Waals surface area contributed by atoms with Crippen molar-refractivity contribution in [3.63, 3.8) is 0 Å². The molecule has 4 heteroatoms. The maximum absolute atomic E-state index is 6.11. The first-order valence-corrected chi connectivity index (χ1v) is 5.42. The molecule has 1 heterocycles. The lowest BCUT2D eigenvalue weighted by Crippen LogP contribution is -2.29. The van der Waals surface area contributed by atoms with E-state index < -0.39 is 0 Å². The zero-order valence-electron chi connectivity index (χ0n) is 8.69. The molecule has 0 radical (unpaired) electrons. The topological polar surface area (TPSA) is 51.2 Å². The van der Waals surface area contributed by atoms with Crippen LogP contribution in [-0.2, 0) is 6.42 Å². The van der Waals surface area contributed by atoms with Crippen molar-refractivity contribution in [1.82, 2.24) is 5.43 Å². The molecule has 84 valence electrons. The first-order chi connectivity index (χ1) is 7.81. The highest BCUT2D eigenvalue weighted by molar-refractivity contribution is 6.31. The van der Waals surface area contributed by atoms with Gasteiger partial charge in [-0.1, -0.05) is 29.8 Å². The molecule has 0 saturated heterocycles. The van der Waals surface area contributed by atoms with Crippen molar-refractivity contribution in [2.45, 2.75) is 12.5 Å². The van der Waals surface area contributed by atoms with Gasteiger partial charge in [-0.25, -0.2) is 0 Å². The lowest BCUT2D eigenvalue weighted by atomic mass is 10.0. The molecule has 1 atom stereocenters. The van der Waals surface area contributed by atoms with Crippen LogP contribution in [-0.4, -0.2) is 0 Å². The molecule has 0 aliphatic heterocycles. The van der Waals surface area contributed by atoms with Crippen molar-refractivity contribution in [1.29, 1.82) is 0 Å². The van der Waals surface area contributed by atoms with E-state index in [1.807, 2.05) is 36.4 Å². The monoisotopic (exact) mass is 236 g/mol. The van der Waals surface area contributed by atoms with Gasteiger partial charge in [0.25, 0.3) is 0 Å². The second-order valence-corrected chi connectivity index (χ2v) is 3.93. The number of hydrazine groups is 1. The Morgan fingerprint density at radius 2 is 2.06 bits per heavy atom. The van der Waals surface area contributed by atoms with Crippen LogP contribution < -0.4 is 11.3 Å². The second-order valence-electron chi connectivity index (χ2n) is 3.52. The molecule has 0 spiro atoms. The predicted octanol–water partition coefficient (Wildman–Crippen LogP) is 2.68. The molecular weight excluding hydrogens is 224 g/mol. The zero-order chi connectivity index (χ0) is 11.4. The maximum atomic E-state index is 6.11. The van der Waals surface area contributed by atoms with Gasteiger partial charge in [0, 0.05) is 11.4 Å². The first kappa shape index (κ1) is 11.2. The molecule has 0 amide bonds. The molecule has 0 aliphatic rings. The Balaban J connectivity index is 2.20. The lowest BCUT2D eigenvalue weighted by molar-refractivity contribution is 0.455. The summed E-state index contributed by atoms with van der Waals surface area (Å²) in [5, 5.41) is 0.706. The highest BCUT2D eigenvalue weighted by Crippen LogP contribution is 2.24. The highest BCUT2D eigenvalue weighted by atomic mass is 35.5. The quantitative estimate of drug-likeness (QED) is 0.634. The van der Waals surface area contributed by atoms with Crippen LogP contribution in [0.1, 0.15) is 17.4 Å². The third-order valence-corrected chi connectivity index (χ3v) is 2.81. The van der Waals surface area contributed by atoms with Crippen molar-refractivity contribution < 1.29 is 4.42 Å². The molecular formula is C12H13ClN2O. The molecule has 3 N–H and O–H groups in total. The van der Waals surface area contributed by atoms with Gasteiger partial charge < -0.3 is 4.42 Å². The third-order valence-electron chi connectivity index (χ3n) is 2.47. The van der Waals surface area contributed by atoms with Gasteiger partial charge in [-0.05, 0) is 23.8 Å². The lowest BCUT2D eigenvalue weighted by Gasteiger charge is -2.16. The summed E-state index contributed by atoms with van der Waals surface area (Å²) < 4.78 is 5.29. The van der Waals surface area contributed by atoms with Crippen LogP contribution in [0.25, 0.3) is 0 Å². The summed E-state index contributed by atoms with van der Waals surface area (Å²) in [6, 6.07) is 11.4. The summed E-state index contributed by atoms with van der Waals surface area (Å²) >= 11 is 6.11. The number of benzene rings is 1. The van der Waals surface area contributed by atoms with E-state index in [4.69, 9.17) is 21.9 Å². The molecule has 1 unspecified atom stereocenters. The van der Waals surface area contributed by atoms with Crippen molar-refractivity contribution >= 4 is 11.6 Å². The summed E-state index contributed by atoms with van der Waals surface area (Å²) in [5.74, 6) is 6.42. The number of nitrogens with two attached hydrogens (primary N) is 1. The number of furan rings is 1. The molecule has 1 aromatic carbocycles. The number of hydrogen-bond donors (Lipinski definition) is 2. The van der Waals surface area contributed by atoms with Gasteiger partial charge in [0.1, 0.15) is 5.76 Å². The summed E-state index contributed by atoms with van der Waals surface area (Å²) in [4.78, 5) is 0. The molecule has 16 heavy (non-hydrogen) atoms. The second kappa shape index (κ2) is 5.16. The molecule has 1 aromatic heterocycles. The summed E-state index contributed by atoms with van der Waals surface area (Å²) in [5.41, 5.74) is 3.73. The van der Waals surface area contributed by atoms with Crippen molar-refractivity contribution in [2.75, 3.05) is 0 Å². The minimum atomic E-state index is -0.0418. The average Bonchev–Trinajstić information content (AvgIpc) is 2.80. The summed E-state index contributed by atoms with van der Waals surface area (Å²) in [6.45, 7) is 0. The Kier molecular flexibility index (Phi) is 3.62. The van der Waals surface area contributed by atoms with Gasteiger partial charge in [0.2, 0.25) is 0 Å². The summed E-state index contributed by atoms with van der Waals surface area (Å²) in [7, 11) is 0. The average molecular weight is 237 g/mol. The van der Waals surface area contributed by atoms with E-state index in [0.29, 0.717) is 11.4 Å². The molecule has 0 fully saturated rings. The largest absolute Gasteiger partial charge is 0.469 e. The molecule has 0 aliphatic carbocycles. The molecule has 0 bridgehead atoms. The molecule has 2 rings (SSSR count). The fraction of sp³-hybridized carbons (Fsp3) is 0.167. The van der Waals surface area contributed by atoms with Gasteiger partial charge in [0.05, 0.1) is 12.3 Å². The van der Waals surface area contributed by atoms with Gasteiger partial charge in [-0.15, -0.1) is 0 Å². The van der Waals surface area contributed by atoms with Crippen LogP contribution in [0, 0.1) is 0 Å². The third kappa shape index (κ3) is 2.44. The number of hydrogen-bond acceptors (Lipinski definition) is 3. The Morgan fingerprint density at radius 1 is 1.25 bits per heavy atom. The number of halogens is 1. The van der Waals surface area contributed by atoms with Crippen LogP contribution in [0.3, 0.4) is 0 Å². The van der Waals surface area contributed by atoms with E-state index in [9.17, 15) is 0 Å². The first-order valence-electron chi connectivity index (χ1n) is 5.04. The Bertz CT molecular complexity index is 442. The minimum absolute atomic E-state index is 0.0418. The normalized spacial score (nSPS) is 12.6. The Labute approximate surface area is 99.2 Å². The van der Waals surface area contributed by atoms with E-state index in [-0.39, 0.29) is 6.04 Å². The van der Waals surface area contributed by atoms with Crippen LogP contribution >= 0.6 is 11.6 Å². The molecule has 2 aromatic rings. The fourth-order valence-electron chi connectivity index (χ4n) is 1.65. The van der Waals surface area contributed by atoms with E-state index in [1.54, 1.807) is 6.26 Å². The van der Waals surface area contributed by atoms with E-state index in [0.717, 1.165) is 11.3 Å². The fourth-order valence-corrected chi connectivity index (χ4v) is 1.91. The number of rotatable bonds is 4. The van der Waals surface area contributed by atoms with Crippen molar-refractivity contribution in [2.24, 2.45) is 5.84 Å². The van der Waals surface area contributed by atoms with Gasteiger partial charge >= 0.3 is 0 Å². The highest BCUT2D eigenvalue weighted by Gasteiger charge is 2.14. The molecule has 3 nitrogen and oxygen atoms in total. The van der Waals surface area contributed by atoms with E-state index >= 15 is 0 Å². The van der Waals surface area contributed by atoms with Gasteiger partial charge in [-0.2, -0.15) is 0 Å². The smallest absolute Gasteiger partial charge is 0.105 e. The predicted molar refractivity (Wildman–Crippen MR) is 63.9 cm³/mol. The van der Waals surface area contributed by atoms with Gasteiger partial charge in [0.15, 0.2) is 0 Å². The van der Waals surface area contributed by atoms with Crippen LogP contribution in [0.2, 0.25) is 5.02 Å². The SMILES string of the molecule is NNC(Cc1ccco1)c1ccccc1Cl. The van der Waals surface area contributed by atoms with Crippen LogP contribution in [0.4, 0.5) is 0 Å². The maximum Gasteiger partial charge on any atom is 0.105 e. The minimum Gasteiger partial charge on any atom is -0.469 e.